The van der Waals surface area contributed by atoms with Gasteiger partial charge in [-0.05, 0) is 44.9 Å². The Morgan fingerprint density at radius 1 is 1.28 bits per heavy atom. The first kappa shape index (κ1) is 14.2. The van der Waals surface area contributed by atoms with Crippen molar-refractivity contribution in [1.82, 2.24) is 0 Å². The summed E-state index contributed by atoms with van der Waals surface area (Å²) >= 11 is 0. The van der Waals surface area contributed by atoms with E-state index in [2.05, 4.69) is 0 Å². The monoisotopic (exact) mass is 250 g/mol. The van der Waals surface area contributed by atoms with E-state index in [-0.39, 0.29) is 11.2 Å². The van der Waals surface area contributed by atoms with Gasteiger partial charge in [-0.3, -0.25) is 4.79 Å². The van der Waals surface area contributed by atoms with E-state index in [0.717, 1.165) is 12.0 Å². The smallest absolute Gasteiger partial charge is 0.428 e. The van der Waals surface area contributed by atoms with Gasteiger partial charge in [-0.25, -0.2) is 4.79 Å². The second-order valence-corrected chi connectivity index (χ2v) is 4.89. The summed E-state index contributed by atoms with van der Waals surface area (Å²) in [6, 6.07) is 6.37. The molecule has 0 saturated heterocycles. The highest BCUT2D eigenvalue weighted by molar-refractivity contribution is 5.64. The molecule has 0 bridgehead atoms. The van der Waals surface area contributed by atoms with Gasteiger partial charge in [0.05, 0.1) is 0 Å². The van der Waals surface area contributed by atoms with Crippen LogP contribution in [0, 0.1) is 0 Å². The maximum Gasteiger partial charge on any atom is 0.514 e. The Labute approximate surface area is 107 Å². The average molecular weight is 250 g/mol. The van der Waals surface area contributed by atoms with Gasteiger partial charge in [0.15, 0.2) is 5.75 Å². The molecule has 1 rings (SSSR count). The van der Waals surface area contributed by atoms with Crippen molar-refractivity contribution >= 4 is 6.16 Å². The first-order chi connectivity index (χ1) is 8.31. The third kappa shape index (κ3) is 4.57. The maximum absolute atomic E-state index is 11.7. The van der Waals surface area contributed by atoms with Gasteiger partial charge in [-0.15, -0.1) is 0 Å². The molecule has 0 N–H and O–H groups in total. The van der Waals surface area contributed by atoms with E-state index >= 15 is 0 Å². The molecule has 0 spiro atoms. The van der Waals surface area contributed by atoms with Crippen molar-refractivity contribution in [2.24, 2.45) is 0 Å². The molecule has 0 aliphatic rings. The topological polar surface area (TPSA) is 52.6 Å². The summed E-state index contributed by atoms with van der Waals surface area (Å²) in [5.41, 5.74) is -0.0822. The summed E-state index contributed by atoms with van der Waals surface area (Å²) in [5, 5.41) is 0. The molecule has 0 aromatic heterocycles. The van der Waals surface area contributed by atoms with Gasteiger partial charge in [0.2, 0.25) is 5.43 Å². The minimum Gasteiger partial charge on any atom is -0.428 e. The minimum absolute atomic E-state index is 0.00824. The lowest BCUT2D eigenvalue weighted by molar-refractivity contribution is 0.0204. The number of carbonyl (C=O) groups excluding carboxylic acids is 1. The van der Waals surface area contributed by atoms with Crippen molar-refractivity contribution in [2.45, 2.75) is 39.7 Å². The van der Waals surface area contributed by atoms with Crippen molar-refractivity contribution in [3.63, 3.8) is 0 Å². The van der Waals surface area contributed by atoms with Crippen LogP contribution in [0.4, 0.5) is 4.79 Å². The van der Waals surface area contributed by atoms with Crippen molar-refractivity contribution in [3.05, 3.63) is 40.1 Å². The van der Waals surface area contributed by atoms with E-state index in [1.807, 2.05) is 13.0 Å². The Morgan fingerprint density at radius 2 is 1.94 bits per heavy atom. The van der Waals surface area contributed by atoms with Crippen LogP contribution in [0.25, 0.3) is 0 Å². The zero-order valence-corrected chi connectivity index (χ0v) is 11.1. The Hall–Kier alpha value is -1.84. The summed E-state index contributed by atoms with van der Waals surface area (Å²) < 4.78 is 9.95. The predicted molar refractivity (Wildman–Crippen MR) is 69.0 cm³/mol. The number of hydrogen-bond acceptors (Lipinski definition) is 4. The largest absolute Gasteiger partial charge is 0.514 e. The summed E-state index contributed by atoms with van der Waals surface area (Å²) in [6.45, 7) is 7.15. The first-order valence-electron chi connectivity index (χ1n) is 5.86. The molecular weight excluding hydrogens is 232 g/mol. The van der Waals surface area contributed by atoms with Crippen molar-refractivity contribution in [1.29, 1.82) is 0 Å². The molecule has 0 unspecified atom stereocenters. The lowest BCUT2D eigenvalue weighted by atomic mass is 10.2. The second kappa shape index (κ2) is 5.67. The number of hydrogen-bond donors (Lipinski definition) is 0. The average Bonchev–Trinajstić information content (AvgIpc) is 2.39. The standard InChI is InChI=1S/C14H18O4/c1-5-10-7-6-8-11(15)12(9-10)17-13(16)18-14(2,3)4/h6-9H,5H2,1-4H3. The molecule has 4 nitrogen and oxygen atoms in total. The maximum atomic E-state index is 11.7. The molecule has 0 fully saturated rings. The third-order valence-corrected chi connectivity index (χ3v) is 2.11. The molecule has 0 aliphatic carbocycles. The highest BCUT2D eigenvalue weighted by Crippen LogP contribution is 2.12. The predicted octanol–water partition coefficient (Wildman–Crippen LogP) is 2.92. The molecule has 1 aromatic rings. The highest BCUT2D eigenvalue weighted by atomic mass is 16.7. The van der Waals surface area contributed by atoms with Crippen LogP contribution in [0.5, 0.6) is 5.75 Å². The second-order valence-electron chi connectivity index (χ2n) is 4.89. The van der Waals surface area contributed by atoms with Crippen LogP contribution in [-0.4, -0.2) is 11.8 Å². The number of carbonyl (C=O) groups is 1. The summed E-state index contributed by atoms with van der Waals surface area (Å²) in [7, 11) is 0. The van der Waals surface area contributed by atoms with Crippen LogP contribution in [0.3, 0.4) is 0 Å². The first-order valence-corrected chi connectivity index (χ1v) is 5.86. The van der Waals surface area contributed by atoms with Gasteiger partial charge in [0.25, 0.3) is 0 Å². The van der Waals surface area contributed by atoms with Crippen LogP contribution < -0.4 is 10.2 Å². The lowest BCUT2D eigenvalue weighted by Gasteiger charge is -2.18. The van der Waals surface area contributed by atoms with Gasteiger partial charge in [0, 0.05) is 0 Å². The van der Waals surface area contributed by atoms with Gasteiger partial charge in [-0.2, -0.15) is 0 Å². The number of rotatable bonds is 2. The zero-order valence-electron chi connectivity index (χ0n) is 11.1. The van der Waals surface area contributed by atoms with E-state index in [0.29, 0.717) is 0 Å². The zero-order chi connectivity index (χ0) is 13.8. The Kier molecular flexibility index (Phi) is 4.48. The van der Waals surface area contributed by atoms with Crippen molar-refractivity contribution in [3.8, 4) is 5.75 Å². The summed E-state index contributed by atoms with van der Waals surface area (Å²) in [4.78, 5) is 23.2. The van der Waals surface area contributed by atoms with E-state index < -0.39 is 11.8 Å². The Morgan fingerprint density at radius 3 is 2.50 bits per heavy atom. The van der Waals surface area contributed by atoms with Gasteiger partial charge >= 0.3 is 6.16 Å². The van der Waals surface area contributed by atoms with Gasteiger partial charge in [0.1, 0.15) is 5.60 Å². The molecule has 4 heteroatoms. The van der Waals surface area contributed by atoms with Gasteiger partial charge < -0.3 is 9.47 Å². The number of ether oxygens (including phenoxy) is 2. The fourth-order valence-electron chi connectivity index (χ4n) is 1.29. The van der Waals surface area contributed by atoms with E-state index in [1.165, 1.54) is 6.07 Å². The van der Waals surface area contributed by atoms with Gasteiger partial charge in [-0.1, -0.05) is 19.1 Å². The quantitative estimate of drug-likeness (QED) is 0.757. The molecule has 0 amide bonds. The van der Waals surface area contributed by atoms with Crippen molar-refractivity contribution in [2.75, 3.05) is 0 Å². The molecule has 0 saturated carbocycles. The van der Waals surface area contributed by atoms with Crippen LogP contribution in [0.2, 0.25) is 0 Å². The van der Waals surface area contributed by atoms with Crippen molar-refractivity contribution < 1.29 is 14.3 Å². The van der Waals surface area contributed by atoms with E-state index in [1.54, 1.807) is 32.9 Å². The number of aryl methyl sites for hydroxylation is 1. The normalized spacial score (nSPS) is 10.9. The highest BCUT2D eigenvalue weighted by Gasteiger charge is 2.18. The molecule has 0 atom stereocenters. The third-order valence-electron chi connectivity index (χ3n) is 2.11. The van der Waals surface area contributed by atoms with E-state index in [9.17, 15) is 9.59 Å². The minimum atomic E-state index is -0.868. The van der Waals surface area contributed by atoms with Crippen LogP contribution in [0.15, 0.2) is 29.1 Å². The molecule has 0 heterocycles. The molecule has 1 aromatic carbocycles. The summed E-state index contributed by atoms with van der Waals surface area (Å²) in [5.74, 6) is -0.00824. The van der Waals surface area contributed by atoms with Crippen LogP contribution in [0.1, 0.15) is 33.3 Å². The molecular formula is C14H18O4. The SMILES string of the molecule is CCc1cccc(=O)c(OC(=O)OC(C)(C)C)c1. The van der Waals surface area contributed by atoms with E-state index in [4.69, 9.17) is 9.47 Å². The molecule has 18 heavy (non-hydrogen) atoms. The molecule has 0 aliphatic heterocycles. The fraction of sp³-hybridized carbons (Fsp3) is 0.429. The fourth-order valence-corrected chi connectivity index (χ4v) is 1.29. The van der Waals surface area contributed by atoms with Crippen LogP contribution in [-0.2, 0) is 11.2 Å². The molecule has 98 valence electrons. The van der Waals surface area contributed by atoms with Crippen LogP contribution >= 0.6 is 0 Å². The Balaban J connectivity index is 2.94. The lowest BCUT2D eigenvalue weighted by Crippen LogP contribution is -2.27. The Bertz CT molecular complexity index is 486. The molecule has 0 radical (unpaired) electrons. The summed E-state index contributed by atoms with van der Waals surface area (Å²) in [6.07, 6.45) is -0.119.